The van der Waals surface area contributed by atoms with Gasteiger partial charge in [-0.15, -0.1) is 0 Å². The van der Waals surface area contributed by atoms with Crippen LogP contribution in [-0.4, -0.2) is 39.9 Å². The van der Waals surface area contributed by atoms with E-state index in [1.54, 1.807) is 0 Å². The molecule has 0 radical (unpaired) electrons. The second kappa shape index (κ2) is 8.40. The molecule has 2 aromatic carbocycles. The predicted octanol–water partition coefficient (Wildman–Crippen LogP) is 5.37. The molecule has 1 heterocycles. The Kier molecular flexibility index (Phi) is 5.73. The Labute approximate surface area is 189 Å². The first-order chi connectivity index (χ1) is 15.5. The second-order valence-electron chi connectivity index (χ2n) is 9.23. The highest BCUT2D eigenvalue weighted by Crippen LogP contribution is 2.81. The minimum absolute atomic E-state index is 0.0185. The van der Waals surface area contributed by atoms with E-state index in [4.69, 9.17) is 4.74 Å². The zero-order valence-electron chi connectivity index (χ0n) is 18.4. The van der Waals surface area contributed by atoms with Crippen molar-refractivity contribution in [2.24, 2.45) is 5.92 Å². The molecule has 3 aliphatic rings. The van der Waals surface area contributed by atoms with Crippen LogP contribution < -0.4 is 0 Å². The van der Waals surface area contributed by atoms with Gasteiger partial charge in [0.1, 0.15) is 5.92 Å². The molecule has 0 bridgehead atoms. The largest absolute Gasteiger partial charge is 0.469 e. The Morgan fingerprint density at radius 2 is 1.44 bits per heavy atom. The quantitative estimate of drug-likeness (QED) is 0.432. The SMILES string of the molecule is COC(=O)[C@@H]1C[C@]1(F)P1(=O)N(Cc2ccccc2)[C@H]2CCCC[C@@H]2N1Cc1ccccc1. The van der Waals surface area contributed by atoms with Crippen LogP contribution in [0.1, 0.15) is 43.2 Å². The number of rotatable bonds is 6. The van der Waals surface area contributed by atoms with Crippen LogP contribution in [0.3, 0.4) is 0 Å². The monoisotopic (exact) mass is 456 g/mol. The summed E-state index contributed by atoms with van der Waals surface area (Å²) in [6, 6.07) is 19.7. The summed E-state index contributed by atoms with van der Waals surface area (Å²) in [5.74, 6) is -1.56. The number of nitrogens with zero attached hydrogens (tertiary/aromatic N) is 2. The Hall–Kier alpha value is -2.01. The highest BCUT2D eigenvalue weighted by atomic mass is 31.2. The maximum Gasteiger partial charge on any atom is 0.312 e. The van der Waals surface area contributed by atoms with E-state index in [2.05, 4.69) is 0 Å². The van der Waals surface area contributed by atoms with Crippen molar-refractivity contribution in [2.45, 2.75) is 62.7 Å². The molecule has 3 fully saturated rings. The molecule has 5 nitrogen and oxygen atoms in total. The van der Waals surface area contributed by atoms with Gasteiger partial charge in [-0.2, -0.15) is 0 Å². The number of hydrogen-bond acceptors (Lipinski definition) is 3. The van der Waals surface area contributed by atoms with Crippen molar-refractivity contribution in [3.8, 4) is 0 Å². The summed E-state index contributed by atoms with van der Waals surface area (Å²) in [5.41, 5.74) is 2.02. The lowest BCUT2D eigenvalue weighted by atomic mass is 9.90. The van der Waals surface area contributed by atoms with Gasteiger partial charge in [0, 0.05) is 31.6 Å². The van der Waals surface area contributed by atoms with Crippen molar-refractivity contribution >= 4 is 13.4 Å². The van der Waals surface area contributed by atoms with Crippen molar-refractivity contribution in [3.63, 3.8) is 0 Å². The van der Waals surface area contributed by atoms with Gasteiger partial charge in [-0.3, -0.25) is 9.36 Å². The first-order valence-electron chi connectivity index (χ1n) is 11.5. The zero-order chi connectivity index (χ0) is 22.3. The van der Waals surface area contributed by atoms with E-state index < -0.39 is 24.7 Å². The highest BCUT2D eigenvalue weighted by molar-refractivity contribution is 7.61. The lowest BCUT2D eigenvalue weighted by Crippen LogP contribution is -2.39. The topological polar surface area (TPSA) is 49.9 Å². The summed E-state index contributed by atoms with van der Waals surface area (Å²) in [6.45, 7) is 0.842. The Morgan fingerprint density at radius 3 is 1.88 bits per heavy atom. The molecule has 0 N–H and O–H groups in total. The number of carbonyl (C=O) groups excluding carboxylic acids is 1. The summed E-state index contributed by atoms with van der Waals surface area (Å²) in [7, 11) is -2.45. The Balaban J connectivity index is 1.59. The third-order valence-corrected chi connectivity index (χ3v) is 11.1. The molecule has 0 unspecified atom stereocenters. The van der Waals surface area contributed by atoms with Crippen LogP contribution in [0.5, 0.6) is 0 Å². The maximum atomic E-state index is 16.6. The number of alkyl halides is 1. The lowest BCUT2D eigenvalue weighted by Gasteiger charge is -2.35. The lowest BCUT2D eigenvalue weighted by molar-refractivity contribution is -0.142. The van der Waals surface area contributed by atoms with Crippen LogP contribution in [-0.2, 0) is 27.2 Å². The fourth-order valence-electron chi connectivity index (χ4n) is 5.69. The molecule has 5 rings (SSSR count). The Morgan fingerprint density at radius 1 is 0.969 bits per heavy atom. The number of hydrogen-bond donors (Lipinski definition) is 0. The molecule has 1 saturated heterocycles. The number of benzene rings is 2. The fraction of sp³-hybridized carbons (Fsp3) is 0.480. The summed E-state index contributed by atoms with van der Waals surface area (Å²) in [4.78, 5) is 12.3. The van der Waals surface area contributed by atoms with Gasteiger partial charge >= 0.3 is 5.97 Å². The van der Waals surface area contributed by atoms with Gasteiger partial charge in [-0.05, 0) is 24.0 Å². The first kappa shape index (κ1) is 21.8. The molecule has 2 aromatic rings. The minimum Gasteiger partial charge on any atom is -0.469 e. The smallest absolute Gasteiger partial charge is 0.312 e. The molecule has 2 aliphatic carbocycles. The van der Waals surface area contributed by atoms with Gasteiger partial charge < -0.3 is 4.74 Å². The van der Waals surface area contributed by atoms with E-state index in [1.807, 2.05) is 70.0 Å². The van der Waals surface area contributed by atoms with E-state index in [0.717, 1.165) is 36.8 Å². The summed E-state index contributed by atoms with van der Waals surface area (Å²) >= 11 is 0. The third-order valence-electron chi connectivity index (χ3n) is 7.36. The molecule has 32 heavy (non-hydrogen) atoms. The number of halogens is 1. The molecule has 0 aromatic heterocycles. The van der Waals surface area contributed by atoms with Crippen molar-refractivity contribution in [2.75, 3.05) is 7.11 Å². The zero-order valence-corrected chi connectivity index (χ0v) is 19.3. The molecule has 7 heteroatoms. The molecule has 0 spiro atoms. The average Bonchev–Trinajstić information content (AvgIpc) is 3.48. The number of carbonyl (C=O) groups is 1. The van der Waals surface area contributed by atoms with E-state index in [9.17, 15) is 4.79 Å². The van der Waals surface area contributed by atoms with Gasteiger partial charge in [0.2, 0.25) is 5.41 Å². The molecule has 0 amide bonds. The van der Waals surface area contributed by atoms with Gasteiger partial charge in [-0.1, -0.05) is 73.5 Å². The van der Waals surface area contributed by atoms with E-state index in [1.165, 1.54) is 7.11 Å². The second-order valence-corrected chi connectivity index (χ2v) is 12.1. The first-order valence-corrected chi connectivity index (χ1v) is 13.1. The number of ether oxygens (including phenoxy) is 1. The summed E-state index contributed by atoms with van der Waals surface area (Å²) in [6.07, 6.45) is 3.85. The molecular weight excluding hydrogens is 426 g/mol. The molecule has 170 valence electrons. The number of fused-ring (bicyclic) bond motifs is 1. The normalized spacial score (nSPS) is 31.8. The molecular formula is C25H30FN2O3P. The van der Waals surface area contributed by atoms with Gasteiger partial charge in [-0.25, -0.2) is 13.7 Å². The van der Waals surface area contributed by atoms with Crippen molar-refractivity contribution < 1.29 is 18.5 Å². The summed E-state index contributed by atoms with van der Waals surface area (Å²) < 4.78 is 40.4. The molecule has 4 atom stereocenters. The van der Waals surface area contributed by atoms with E-state index in [-0.39, 0.29) is 18.5 Å². The minimum atomic E-state index is -3.72. The maximum absolute atomic E-state index is 16.6. The average molecular weight is 456 g/mol. The van der Waals surface area contributed by atoms with Gasteiger partial charge in [0.05, 0.1) is 7.11 Å². The van der Waals surface area contributed by atoms with E-state index in [0.29, 0.717) is 13.1 Å². The standard InChI is InChI=1S/C25H30FN2O3P/c1-31-24(29)21-16-25(21,26)32(30)27(17-19-10-4-2-5-11-19)22-14-8-9-15-23(22)28(32)18-20-12-6-3-7-13-20/h2-7,10-13,21-23H,8-9,14-18H2,1H3/t21-,22-,23-,25-/m0/s1. The fourth-order valence-corrected chi connectivity index (χ4v) is 9.82. The van der Waals surface area contributed by atoms with Crippen LogP contribution in [0.15, 0.2) is 60.7 Å². The van der Waals surface area contributed by atoms with Gasteiger partial charge in [0.15, 0.2) is 0 Å². The molecule has 2 saturated carbocycles. The van der Waals surface area contributed by atoms with E-state index >= 15 is 8.96 Å². The van der Waals surface area contributed by atoms with Crippen LogP contribution in [0, 0.1) is 5.92 Å². The Bertz CT molecular complexity index is 959. The van der Waals surface area contributed by atoms with Crippen LogP contribution in [0.2, 0.25) is 0 Å². The van der Waals surface area contributed by atoms with Crippen LogP contribution in [0.25, 0.3) is 0 Å². The summed E-state index contributed by atoms with van der Waals surface area (Å²) in [5, 5.41) is -2.07. The number of esters is 1. The molecule has 1 aliphatic heterocycles. The van der Waals surface area contributed by atoms with Crippen LogP contribution in [0.4, 0.5) is 4.39 Å². The predicted molar refractivity (Wildman–Crippen MR) is 122 cm³/mol. The van der Waals surface area contributed by atoms with Crippen molar-refractivity contribution in [1.29, 1.82) is 0 Å². The van der Waals surface area contributed by atoms with Crippen LogP contribution >= 0.6 is 7.44 Å². The van der Waals surface area contributed by atoms with Gasteiger partial charge in [0.25, 0.3) is 7.44 Å². The number of methoxy groups -OCH3 is 1. The highest BCUT2D eigenvalue weighted by Gasteiger charge is 2.77. The van der Waals surface area contributed by atoms with Crippen molar-refractivity contribution in [3.05, 3.63) is 71.8 Å². The third kappa shape index (κ3) is 3.44. The van der Waals surface area contributed by atoms with Crippen molar-refractivity contribution in [1.82, 2.24) is 9.34 Å².